The summed E-state index contributed by atoms with van der Waals surface area (Å²) in [6, 6.07) is 1.43. The van der Waals surface area contributed by atoms with Crippen molar-refractivity contribution in [3.05, 3.63) is 0 Å². The van der Waals surface area contributed by atoms with Crippen molar-refractivity contribution < 1.29 is 0 Å². The Morgan fingerprint density at radius 2 is 1.82 bits per heavy atom. The number of hydrogen-bond donors (Lipinski definition) is 1. The fourth-order valence-electron chi connectivity index (χ4n) is 3.96. The van der Waals surface area contributed by atoms with E-state index in [1.807, 2.05) is 0 Å². The van der Waals surface area contributed by atoms with Gasteiger partial charge in [0, 0.05) is 17.6 Å². The predicted octanol–water partition coefficient (Wildman–Crippen LogP) is 3.03. The van der Waals surface area contributed by atoms with E-state index in [1.165, 1.54) is 38.6 Å². The SMILES string of the molecule is CNC1CCC(C)(C)CC1N1CCCC1(C)C. The van der Waals surface area contributed by atoms with Crippen molar-refractivity contribution in [2.75, 3.05) is 13.6 Å². The third-order valence-electron chi connectivity index (χ3n) is 5.09. The molecule has 2 fully saturated rings. The van der Waals surface area contributed by atoms with Crippen LogP contribution in [-0.2, 0) is 0 Å². The van der Waals surface area contributed by atoms with E-state index in [2.05, 4.69) is 45.0 Å². The first-order chi connectivity index (χ1) is 7.86. The number of likely N-dealkylation sites (N-methyl/N-ethyl adjacent to an activating group) is 1. The van der Waals surface area contributed by atoms with Gasteiger partial charge in [0.1, 0.15) is 0 Å². The van der Waals surface area contributed by atoms with Crippen LogP contribution in [-0.4, -0.2) is 36.1 Å². The van der Waals surface area contributed by atoms with Gasteiger partial charge >= 0.3 is 0 Å². The number of hydrogen-bond acceptors (Lipinski definition) is 2. The molecule has 100 valence electrons. The van der Waals surface area contributed by atoms with Gasteiger partial charge < -0.3 is 5.32 Å². The van der Waals surface area contributed by atoms with E-state index in [0.717, 1.165) is 6.04 Å². The average molecular weight is 238 g/mol. The van der Waals surface area contributed by atoms with Crippen molar-refractivity contribution >= 4 is 0 Å². The molecule has 1 aliphatic heterocycles. The van der Waals surface area contributed by atoms with Crippen LogP contribution >= 0.6 is 0 Å². The van der Waals surface area contributed by atoms with Gasteiger partial charge in [-0.1, -0.05) is 13.8 Å². The molecular weight excluding hydrogens is 208 g/mol. The Labute approximate surface area is 107 Å². The average Bonchev–Trinajstić information content (AvgIpc) is 2.57. The summed E-state index contributed by atoms with van der Waals surface area (Å²) < 4.78 is 0. The second-order valence-corrected chi connectivity index (χ2v) is 7.48. The van der Waals surface area contributed by atoms with Crippen LogP contribution in [0.5, 0.6) is 0 Å². The van der Waals surface area contributed by atoms with Crippen LogP contribution in [0.15, 0.2) is 0 Å². The van der Waals surface area contributed by atoms with Gasteiger partial charge in [-0.05, 0) is 65.0 Å². The van der Waals surface area contributed by atoms with Gasteiger partial charge in [0.15, 0.2) is 0 Å². The fraction of sp³-hybridized carbons (Fsp3) is 1.00. The third kappa shape index (κ3) is 2.68. The van der Waals surface area contributed by atoms with Crippen LogP contribution in [0.2, 0.25) is 0 Å². The van der Waals surface area contributed by atoms with Crippen molar-refractivity contribution in [1.82, 2.24) is 10.2 Å². The highest BCUT2D eigenvalue weighted by Crippen LogP contribution is 2.41. The van der Waals surface area contributed by atoms with Gasteiger partial charge in [-0.15, -0.1) is 0 Å². The van der Waals surface area contributed by atoms with E-state index in [1.54, 1.807) is 0 Å². The summed E-state index contributed by atoms with van der Waals surface area (Å²) in [5.41, 5.74) is 0.934. The van der Waals surface area contributed by atoms with Crippen molar-refractivity contribution in [3.63, 3.8) is 0 Å². The lowest BCUT2D eigenvalue weighted by Gasteiger charge is -2.49. The smallest absolute Gasteiger partial charge is 0.0259 e. The minimum atomic E-state index is 0.410. The van der Waals surface area contributed by atoms with Crippen molar-refractivity contribution in [3.8, 4) is 0 Å². The molecule has 0 amide bonds. The lowest BCUT2D eigenvalue weighted by Crippen LogP contribution is -2.57. The molecule has 0 spiro atoms. The molecule has 0 aromatic rings. The standard InChI is InChI=1S/C15H30N2/c1-14(2)9-7-12(16-5)13(11-14)17-10-6-8-15(17,3)4/h12-13,16H,6-11H2,1-5H3. The summed E-state index contributed by atoms with van der Waals surface area (Å²) in [5.74, 6) is 0. The normalized spacial score (nSPS) is 37.2. The molecule has 2 atom stereocenters. The molecule has 1 aliphatic carbocycles. The molecule has 2 unspecified atom stereocenters. The van der Waals surface area contributed by atoms with E-state index in [0.29, 0.717) is 17.0 Å². The largest absolute Gasteiger partial charge is 0.315 e. The maximum Gasteiger partial charge on any atom is 0.0259 e. The molecule has 0 bridgehead atoms. The molecule has 2 rings (SSSR count). The maximum atomic E-state index is 3.56. The van der Waals surface area contributed by atoms with Gasteiger partial charge in [0.25, 0.3) is 0 Å². The van der Waals surface area contributed by atoms with E-state index >= 15 is 0 Å². The van der Waals surface area contributed by atoms with E-state index in [4.69, 9.17) is 0 Å². The lowest BCUT2D eigenvalue weighted by molar-refractivity contribution is 0.0290. The first-order valence-corrected chi connectivity index (χ1v) is 7.30. The lowest BCUT2D eigenvalue weighted by atomic mass is 9.72. The zero-order chi connectivity index (χ0) is 12.7. The number of nitrogens with one attached hydrogen (secondary N) is 1. The summed E-state index contributed by atoms with van der Waals surface area (Å²) in [6.07, 6.45) is 6.78. The van der Waals surface area contributed by atoms with E-state index in [-0.39, 0.29) is 0 Å². The fourth-order valence-corrected chi connectivity index (χ4v) is 3.96. The Balaban J connectivity index is 2.15. The van der Waals surface area contributed by atoms with Gasteiger partial charge in [-0.3, -0.25) is 4.90 Å². The molecule has 0 aromatic heterocycles. The zero-order valence-electron chi connectivity index (χ0n) is 12.3. The highest BCUT2D eigenvalue weighted by Gasteiger charge is 2.43. The molecule has 1 N–H and O–H groups in total. The predicted molar refractivity (Wildman–Crippen MR) is 74.3 cm³/mol. The van der Waals surface area contributed by atoms with Gasteiger partial charge in [-0.2, -0.15) is 0 Å². The quantitative estimate of drug-likeness (QED) is 0.795. The number of likely N-dealkylation sites (tertiary alicyclic amines) is 1. The topological polar surface area (TPSA) is 15.3 Å². The van der Waals surface area contributed by atoms with Crippen LogP contribution in [0.4, 0.5) is 0 Å². The molecular formula is C15H30N2. The van der Waals surface area contributed by atoms with Crippen molar-refractivity contribution in [1.29, 1.82) is 0 Å². The highest BCUT2D eigenvalue weighted by atomic mass is 15.3. The molecule has 0 radical (unpaired) electrons. The number of rotatable bonds is 2. The van der Waals surface area contributed by atoms with Gasteiger partial charge in [0.2, 0.25) is 0 Å². The first kappa shape index (κ1) is 13.4. The van der Waals surface area contributed by atoms with E-state index in [9.17, 15) is 0 Å². The van der Waals surface area contributed by atoms with E-state index < -0.39 is 0 Å². The monoisotopic (exact) mass is 238 g/mol. The van der Waals surface area contributed by atoms with Crippen LogP contribution < -0.4 is 5.32 Å². The van der Waals surface area contributed by atoms with Gasteiger partial charge in [0.05, 0.1) is 0 Å². The molecule has 1 saturated carbocycles. The minimum Gasteiger partial charge on any atom is -0.315 e. The summed E-state index contributed by atoms with van der Waals surface area (Å²) >= 11 is 0. The Kier molecular flexibility index (Phi) is 3.57. The molecule has 1 saturated heterocycles. The van der Waals surface area contributed by atoms with Crippen molar-refractivity contribution in [2.24, 2.45) is 5.41 Å². The minimum absolute atomic E-state index is 0.410. The molecule has 17 heavy (non-hydrogen) atoms. The molecule has 2 aliphatic rings. The van der Waals surface area contributed by atoms with Crippen LogP contribution in [0.1, 0.15) is 59.8 Å². The summed E-state index contributed by atoms with van der Waals surface area (Å²) in [5, 5.41) is 3.56. The molecule has 0 aromatic carbocycles. The zero-order valence-corrected chi connectivity index (χ0v) is 12.3. The van der Waals surface area contributed by atoms with Crippen molar-refractivity contribution in [2.45, 2.75) is 77.4 Å². The van der Waals surface area contributed by atoms with Gasteiger partial charge in [-0.25, -0.2) is 0 Å². The Bertz CT molecular complexity index is 270. The third-order valence-corrected chi connectivity index (χ3v) is 5.09. The molecule has 2 nitrogen and oxygen atoms in total. The molecule has 2 heteroatoms. The first-order valence-electron chi connectivity index (χ1n) is 7.30. The highest BCUT2D eigenvalue weighted by molar-refractivity contribution is 5.00. The Morgan fingerprint density at radius 3 is 2.35 bits per heavy atom. The summed E-state index contributed by atoms with van der Waals surface area (Å²) in [7, 11) is 2.14. The number of nitrogens with zero attached hydrogens (tertiary/aromatic N) is 1. The van der Waals surface area contributed by atoms with Crippen LogP contribution in [0.25, 0.3) is 0 Å². The van der Waals surface area contributed by atoms with Crippen LogP contribution in [0.3, 0.4) is 0 Å². The summed E-state index contributed by atoms with van der Waals surface area (Å²) in [6.45, 7) is 11.0. The summed E-state index contributed by atoms with van der Waals surface area (Å²) in [4.78, 5) is 2.79. The second-order valence-electron chi connectivity index (χ2n) is 7.48. The molecule has 1 heterocycles. The van der Waals surface area contributed by atoms with Crippen LogP contribution in [0, 0.1) is 5.41 Å². The Hall–Kier alpha value is -0.0800. The second kappa shape index (κ2) is 4.55. The maximum absolute atomic E-state index is 3.56. The Morgan fingerprint density at radius 1 is 1.12 bits per heavy atom.